The van der Waals surface area contributed by atoms with Crippen molar-refractivity contribution in [2.75, 3.05) is 13.2 Å². The summed E-state index contributed by atoms with van der Waals surface area (Å²) in [5.41, 5.74) is 0. The first-order chi connectivity index (χ1) is 7.06. The Hall–Kier alpha value is -0.0800. The van der Waals surface area contributed by atoms with Crippen molar-refractivity contribution < 1.29 is 4.74 Å². The molecule has 0 spiro atoms. The van der Waals surface area contributed by atoms with Crippen LogP contribution in [0.3, 0.4) is 0 Å². The number of ether oxygens (including phenoxy) is 1. The Balaban J connectivity index is 3.62. The standard InChI is InChI=1S/C13H29NO/c1-6-14-13(8-7-11(2)3)9-10-15-12(4)5/h11-14H,6-10H2,1-5H3. The predicted molar refractivity (Wildman–Crippen MR) is 67.2 cm³/mol. The van der Waals surface area contributed by atoms with E-state index in [1.54, 1.807) is 0 Å². The molecule has 15 heavy (non-hydrogen) atoms. The summed E-state index contributed by atoms with van der Waals surface area (Å²) < 4.78 is 5.59. The van der Waals surface area contributed by atoms with Gasteiger partial charge in [0.25, 0.3) is 0 Å². The molecule has 0 aliphatic carbocycles. The van der Waals surface area contributed by atoms with Crippen molar-refractivity contribution in [2.45, 2.75) is 66.0 Å². The van der Waals surface area contributed by atoms with Gasteiger partial charge in [-0.1, -0.05) is 20.8 Å². The Morgan fingerprint density at radius 1 is 1.00 bits per heavy atom. The van der Waals surface area contributed by atoms with Gasteiger partial charge in [-0.05, 0) is 45.6 Å². The quantitative estimate of drug-likeness (QED) is 0.637. The molecular weight excluding hydrogens is 186 g/mol. The van der Waals surface area contributed by atoms with Crippen LogP contribution in [0, 0.1) is 5.92 Å². The van der Waals surface area contributed by atoms with Gasteiger partial charge in [0.2, 0.25) is 0 Å². The minimum Gasteiger partial charge on any atom is -0.379 e. The van der Waals surface area contributed by atoms with E-state index >= 15 is 0 Å². The summed E-state index contributed by atoms with van der Waals surface area (Å²) in [6.07, 6.45) is 4.07. The van der Waals surface area contributed by atoms with Crippen molar-refractivity contribution in [3.8, 4) is 0 Å². The zero-order valence-corrected chi connectivity index (χ0v) is 11.2. The molecule has 0 fully saturated rings. The highest BCUT2D eigenvalue weighted by molar-refractivity contribution is 4.66. The van der Waals surface area contributed by atoms with Crippen LogP contribution in [-0.4, -0.2) is 25.3 Å². The lowest BCUT2D eigenvalue weighted by atomic mass is 10.0. The van der Waals surface area contributed by atoms with Crippen molar-refractivity contribution in [3.63, 3.8) is 0 Å². The van der Waals surface area contributed by atoms with E-state index in [1.165, 1.54) is 12.8 Å². The van der Waals surface area contributed by atoms with Gasteiger partial charge in [-0.3, -0.25) is 0 Å². The highest BCUT2D eigenvalue weighted by atomic mass is 16.5. The van der Waals surface area contributed by atoms with Crippen LogP contribution in [0.5, 0.6) is 0 Å². The van der Waals surface area contributed by atoms with Crippen LogP contribution >= 0.6 is 0 Å². The molecule has 0 aliphatic heterocycles. The van der Waals surface area contributed by atoms with Crippen molar-refractivity contribution in [3.05, 3.63) is 0 Å². The summed E-state index contributed by atoms with van der Waals surface area (Å²) in [4.78, 5) is 0. The molecule has 0 heterocycles. The maximum atomic E-state index is 5.59. The van der Waals surface area contributed by atoms with Gasteiger partial charge in [-0.2, -0.15) is 0 Å². The van der Waals surface area contributed by atoms with E-state index in [2.05, 4.69) is 39.9 Å². The van der Waals surface area contributed by atoms with E-state index < -0.39 is 0 Å². The monoisotopic (exact) mass is 215 g/mol. The van der Waals surface area contributed by atoms with E-state index in [0.717, 1.165) is 25.5 Å². The molecule has 0 aromatic heterocycles. The summed E-state index contributed by atoms with van der Waals surface area (Å²) in [6.45, 7) is 12.9. The summed E-state index contributed by atoms with van der Waals surface area (Å²) in [5, 5.41) is 3.53. The fourth-order valence-electron chi connectivity index (χ4n) is 1.62. The average Bonchev–Trinajstić information content (AvgIpc) is 2.13. The molecule has 1 N–H and O–H groups in total. The number of rotatable bonds is 9. The second-order valence-corrected chi connectivity index (χ2v) is 4.93. The van der Waals surface area contributed by atoms with Crippen LogP contribution in [0.1, 0.15) is 53.9 Å². The first-order valence-electron chi connectivity index (χ1n) is 6.41. The molecule has 0 bridgehead atoms. The first kappa shape index (κ1) is 14.9. The third kappa shape index (κ3) is 10.2. The van der Waals surface area contributed by atoms with Crippen LogP contribution in [-0.2, 0) is 4.74 Å². The fraction of sp³-hybridized carbons (Fsp3) is 1.00. The summed E-state index contributed by atoms with van der Waals surface area (Å²) >= 11 is 0. The molecule has 92 valence electrons. The lowest BCUT2D eigenvalue weighted by Gasteiger charge is -2.19. The van der Waals surface area contributed by atoms with Crippen molar-refractivity contribution >= 4 is 0 Å². The summed E-state index contributed by atoms with van der Waals surface area (Å²) in [7, 11) is 0. The molecule has 0 aliphatic rings. The van der Waals surface area contributed by atoms with Crippen LogP contribution < -0.4 is 5.32 Å². The van der Waals surface area contributed by atoms with E-state index in [0.29, 0.717) is 12.1 Å². The van der Waals surface area contributed by atoms with Gasteiger partial charge in [-0.25, -0.2) is 0 Å². The van der Waals surface area contributed by atoms with Gasteiger partial charge in [-0.15, -0.1) is 0 Å². The highest BCUT2D eigenvalue weighted by Crippen LogP contribution is 2.09. The molecule has 0 aromatic carbocycles. The molecule has 0 saturated carbocycles. The van der Waals surface area contributed by atoms with Crippen molar-refractivity contribution in [1.29, 1.82) is 0 Å². The highest BCUT2D eigenvalue weighted by Gasteiger charge is 2.08. The minimum absolute atomic E-state index is 0.359. The maximum Gasteiger partial charge on any atom is 0.0518 e. The molecule has 1 unspecified atom stereocenters. The molecule has 0 saturated heterocycles. The smallest absolute Gasteiger partial charge is 0.0518 e. The van der Waals surface area contributed by atoms with Gasteiger partial charge >= 0.3 is 0 Å². The molecule has 0 rings (SSSR count). The predicted octanol–water partition coefficient (Wildman–Crippen LogP) is 3.22. The zero-order chi connectivity index (χ0) is 11.7. The van der Waals surface area contributed by atoms with Crippen LogP contribution in [0.4, 0.5) is 0 Å². The summed E-state index contributed by atoms with van der Waals surface area (Å²) in [5.74, 6) is 0.803. The van der Waals surface area contributed by atoms with Gasteiger partial charge in [0.05, 0.1) is 6.10 Å². The van der Waals surface area contributed by atoms with Crippen LogP contribution in [0.15, 0.2) is 0 Å². The van der Waals surface area contributed by atoms with Crippen LogP contribution in [0.25, 0.3) is 0 Å². The van der Waals surface area contributed by atoms with Crippen LogP contribution in [0.2, 0.25) is 0 Å². The third-order valence-electron chi connectivity index (χ3n) is 2.50. The van der Waals surface area contributed by atoms with Crippen molar-refractivity contribution in [2.24, 2.45) is 5.92 Å². The van der Waals surface area contributed by atoms with E-state index in [1.807, 2.05) is 0 Å². The van der Waals surface area contributed by atoms with E-state index in [4.69, 9.17) is 4.74 Å². The Labute approximate surface area is 95.8 Å². The van der Waals surface area contributed by atoms with Gasteiger partial charge < -0.3 is 10.1 Å². The normalized spacial score (nSPS) is 13.8. The second kappa shape index (κ2) is 9.17. The lowest BCUT2D eigenvalue weighted by Crippen LogP contribution is -2.30. The molecule has 1 atom stereocenters. The number of hydrogen-bond acceptors (Lipinski definition) is 2. The van der Waals surface area contributed by atoms with Crippen molar-refractivity contribution in [1.82, 2.24) is 5.32 Å². The Bertz CT molecular complexity index is 134. The summed E-state index contributed by atoms with van der Waals surface area (Å²) in [6, 6.07) is 0.635. The zero-order valence-electron chi connectivity index (χ0n) is 11.2. The van der Waals surface area contributed by atoms with Gasteiger partial charge in [0, 0.05) is 12.6 Å². The molecule has 2 nitrogen and oxygen atoms in total. The Kier molecular flexibility index (Phi) is 9.12. The third-order valence-corrected chi connectivity index (χ3v) is 2.50. The second-order valence-electron chi connectivity index (χ2n) is 4.93. The molecule has 2 heteroatoms. The molecular formula is C13H29NO. The van der Waals surface area contributed by atoms with Gasteiger partial charge in [0.1, 0.15) is 0 Å². The van der Waals surface area contributed by atoms with E-state index in [-0.39, 0.29) is 0 Å². The Morgan fingerprint density at radius 2 is 1.67 bits per heavy atom. The number of nitrogens with one attached hydrogen (secondary N) is 1. The largest absolute Gasteiger partial charge is 0.379 e. The molecule has 0 radical (unpaired) electrons. The first-order valence-corrected chi connectivity index (χ1v) is 6.41. The molecule has 0 amide bonds. The molecule has 0 aromatic rings. The van der Waals surface area contributed by atoms with Gasteiger partial charge in [0.15, 0.2) is 0 Å². The Morgan fingerprint density at radius 3 is 2.13 bits per heavy atom. The van der Waals surface area contributed by atoms with E-state index in [9.17, 15) is 0 Å². The number of hydrogen-bond donors (Lipinski definition) is 1. The lowest BCUT2D eigenvalue weighted by molar-refractivity contribution is 0.0707. The minimum atomic E-state index is 0.359. The SMILES string of the molecule is CCNC(CCOC(C)C)CCC(C)C. The fourth-order valence-corrected chi connectivity index (χ4v) is 1.62. The maximum absolute atomic E-state index is 5.59. The average molecular weight is 215 g/mol. The topological polar surface area (TPSA) is 21.3 Å².